The van der Waals surface area contributed by atoms with Crippen LogP contribution in [-0.2, 0) is 4.79 Å². The zero-order chi connectivity index (χ0) is 8.10. The van der Waals surface area contributed by atoms with Crippen molar-refractivity contribution in [2.24, 2.45) is 0 Å². The molecule has 1 amide bonds. The van der Waals surface area contributed by atoms with Gasteiger partial charge in [0.2, 0.25) is 5.91 Å². The Kier molecular flexibility index (Phi) is 2.94. The lowest BCUT2D eigenvalue weighted by atomic mass is 10.2. The second-order valence-electron chi connectivity index (χ2n) is 2.57. The standard InChI is InChI=1S/C8H12N2O/c1-2-5-10-8(11)7-4-3-6-9-7/h1,7,9H,3-6H2,(H,10,11)/t7-/m1/s1. The summed E-state index contributed by atoms with van der Waals surface area (Å²) >= 11 is 0. The van der Waals surface area contributed by atoms with Crippen molar-refractivity contribution < 1.29 is 4.79 Å². The molecule has 1 aliphatic rings. The molecule has 1 fully saturated rings. The van der Waals surface area contributed by atoms with Crippen LogP contribution in [0.4, 0.5) is 0 Å². The van der Waals surface area contributed by atoms with Gasteiger partial charge >= 0.3 is 0 Å². The van der Waals surface area contributed by atoms with Gasteiger partial charge in [0, 0.05) is 0 Å². The molecule has 0 bridgehead atoms. The van der Waals surface area contributed by atoms with E-state index in [-0.39, 0.29) is 11.9 Å². The largest absolute Gasteiger partial charge is 0.344 e. The highest BCUT2D eigenvalue weighted by molar-refractivity contribution is 5.82. The third-order valence-electron chi connectivity index (χ3n) is 1.74. The van der Waals surface area contributed by atoms with Gasteiger partial charge in [-0.15, -0.1) is 6.42 Å². The third kappa shape index (κ3) is 2.24. The smallest absolute Gasteiger partial charge is 0.237 e. The lowest BCUT2D eigenvalue weighted by Gasteiger charge is -2.07. The fourth-order valence-electron chi connectivity index (χ4n) is 1.17. The number of nitrogens with one attached hydrogen (secondary N) is 2. The molecule has 1 rings (SSSR count). The zero-order valence-corrected chi connectivity index (χ0v) is 6.39. The Balaban J connectivity index is 2.24. The summed E-state index contributed by atoms with van der Waals surface area (Å²) in [6, 6.07) is -0.0108. The normalized spacial score (nSPS) is 22.6. The van der Waals surface area contributed by atoms with E-state index >= 15 is 0 Å². The van der Waals surface area contributed by atoms with Crippen LogP contribution in [0.3, 0.4) is 0 Å². The van der Waals surface area contributed by atoms with Gasteiger partial charge in [-0.2, -0.15) is 0 Å². The molecule has 0 aliphatic carbocycles. The van der Waals surface area contributed by atoms with E-state index in [4.69, 9.17) is 6.42 Å². The Bertz CT molecular complexity index is 177. The Morgan fingerprint density at radius 3 is 3.18 bits per heavy atom. The van der Waals surface area contributed by atoms with E-state index < -0.39 is 0 Å². The molecule has 2 N–H and O–H groups in total. The molecule has 60 valence electrons. The Morgan fingerprint density at radius 2 is 2.64 bits per heavy atom. The molecule has 11 heavy (non-hydrogen) atoms. The molecule has 0 spiro atoms. The van der Waals surface area contributed by atoms with E-state index in [1.807, 2.05) is 0 Å². The first-order valence-corrected chi connectivity index (χ1v) is 3.79. The van der Waals surface area contributed by atoms with Crippen LogP contribution in [0.15, 0.2) is 0 Å². The first kappa shape index (κ1) is 8.09. The molecule has 3 nitrogen and oxygen atoms in total. The highest BCUT2D eigenvalue weighted by Gasteiger charge is 2.20. The number of carbonyl (C=O) groups is 1. The molecule has 1 atom stereocenters. The van der Waals surface area contributed by atoms with Crippen molar-refractivity contribution in [3.8, 4) is 12.3 Å². The van der Waals surface area contributed by atoms with Gasteiger partial charge in [0.15, 0.2) is 0 Å². The van der Waals surface area contributed by atoms with Crippen LogP contribution in [0.2, 0.25) is 0 Å². The van der Waals surface area contributed by atoms with Gasteiger partial charge in [0.05, 0.1) is 12.6 Å². The van der Waals surface area contributed by atoms with Crippen molar-refractivity contribution in [1.82, 2.24) is 10.6 Å². The van der Waals surface area contributed by atoms with Gasteiger partial charge in [-0.05, 0) is 19.4 Å². The van der Waals surface area contributed by atoms with Gasteiger partial charge in [0.25, 0.3) is 0 Å². The van der Waals surface area contributed by atoms with Crippen LogP contribution in [0, 0.1) is 12.3 Å². The monoisotopic (exact) mass is 152 g/mol. The maximum absolute atomic E-state index is 11.1. The second-order valence-corrected chi connectivity index (χ2v) is 2.57. The van der Waals surface area contributed by atoms with Crippen LogP contribution in [0.5, 0.6) is 0 Å². The minimum atomic E-state index is -0.0108. The molecule has 0 unspecified atom stereocenters. The Morgan fingerprint density at radius 1 is 1.82 bits per heavy atom. The van der Waals surface area contributed by atoms with Crippen LogP contribution in [0.25, 0.3) is 0 Å². The predicted molar refractivity (Wildman–Crippen MR) is 42.9 cm³/mol. The van der Waals surface area contributed by atoms with E-state index in [0.29, 0.717) is 6.54 Å². The van der Waals surface area contributed by atoms with Crippen LogP contribution < -0.4 is 10.6 Å². The summed E-state index contributed by atoms with van der Waals surface area (Å²) in [5.41, 5.74) is 0. The molecule has 3 heteroatoms. The number of hydrogen-bond acceptors (Lipinski definition) is 2. The average molecular weight is 152 g/mol. The quantitative estimate of drug-likeness (QED) is 0.523. The Hall–Kier alpha value is -1.01. The molecule has 0 saturated carbocycles. The molecule has 0 aromatic carbocycles. The van der Waals surface area contributed by atoms with Gasteiger partial charge in [-0.25, -0.2) is 0 Å². The Labute approximate surface area is 66.5 Å². The summed E-state index contributed by atoms with van der Waals surface area (Å²) in [5, 5.41) is 5.72. The maximum atomic E-state index is 11.1. The zero-order valence-electron chi connectivity index (χ0n) is 6.39. The molecule has 0 aromatic heterocycles. The minimum Gasteiger partial charge on any atom is -0.344 e. The summed E-state index contributed by atoms with van der Waals surface area (Å²) in [6.45, 7) is 1.27. The van der Waals surface area contributed by atoms with Gasteiger partial charge in [-0.3, -0.25) is 4.79 Å². The van der Waals surface area contributed by atoms with Gasteiger partial charge in [-0.1, -0.05) is 5.92 Å². The lowest BCUT2D eigenvalue weighted by molar-refractivity contribution is -0.122. The fourth-order valence-corrected chi connectivity index (χ4v) is 1.17. The number of amides is 1. The van der Waals surface area contributed by atoms with E-state index in [9.17, 15) is 4.79 Å². The van der Waals surface area contributed by atoms with E-state index in [0.717, 1.165) is 19.4 Å². The highest BCUT2D eigenvalue weighted by Crippen LogP contribution is 2.03. The van der Waals surface area contributed by atoms with E-state index in [2.05, 4.69) is 16.6 Å². The number of hydrogen-bond donors (Lipinski definition) is 2. The van der Waals surface area contributed by atoms with Crippen LogP contribution in [-0.4, -0.2) is 25.0 Å². The van der Waals surface area contributed by atoms with Crippen LogP contribution in [0.1, 0.15) is 12.8 Å². The minimum absolute atomic E-state index is 0.0108. The predicted octanol–water partition coefficient (Wildman–Crippen LogP) is -0.512. The van der Waals surface area contributed by atoms with Crippen molar-refractivity contribution >= 4 is 5.91 Å². The topological polar surface area (TPSA) is 41.1 Å². The summed E-state index contributed by atoms with van der Waals surface area (Å²) < 4.78 is 0. The lowest BCUT2D eigenvalue weighted by Crippen LogP contribution is -2.40. The highest BCUT2D eigenvalue weighted by atomic mass is 16.2. The van der Waals surface area contributed by atoms with Crippen molar-refractivity contribution in [2.75, 3.05) is 13.1 Å². The van der Waals surface area contributed by atoms with Crippen molar-refractivity contribution in [2.45, 2.75) is 18.9 Å². The van der Waals surface area contributed by atoms with E-state index in [1.54, 1.807) is 0 Å². The number of terminal acetylenes is 1. The number of rotatable bonds is 2. The molecule has 1 heterocycles. The summed E-state index contributed by atoms with van der Waals surface area (Å²) in [4.78, 5) is 11.1. The van der Waals surface area contributed by atoms with E-state index in [1.165, 1.54) is 0 Å². The summed E-state index contributed by atoms with van der Waals surface area (Å²) in [5.74, 6) is 2.39. The SMILES string of the molecule is C#CCNC(=O)[C@H]1CCCN1. The van der Waals surface area contributed by atoms with Crippen molar-refractivity contribution in [3.63, 3.8) is 0 Å². The maximum Gasteiger partial charge on any atom is 0.237 e. The van der Waals surface area contributed by atoms with Gasteiger partial charge < -0.3 is 10.6 Å². The molecule has 1 saturated heterocycles. The first-order chi connectivity index (χ1) is 5.34. The molecular formula is C8H12N2O. The first-order valence-electron chi connectivity index (χ1n) is 3.79. The average Bonchev–Trinajstić information content (AvgIpc) is 2.52. The van der Waals surface area contributed by atoms with Gasteiger partial charge in [0.1, 0.15) is 0 Å². The fraction of sp³-hybridized carbons (Fsp3) is 0.625. The molecule has 0 radical (unpaired) electrons. The number of carbonyl (C=O) groups excluding carboxylic acids is 1. The molecule has 1 aliphatic heterocycles. The molecular weight excluding hydrogens is 140 g/mol. The third-order valence-corrected chi connectivity index (χ3v) is 1.74. The van der Waals surface area contributed by atoms with Crippen molar-refractivity contribution in [1.29, 1.82) is 0 Å². The van der Waals surface area contributed by atoms with Crippen molar-refractivity contribution in [3.05, 3.63) is 0 Å². The molecule has 0 aromatic rings. The summed E-state index contributed by atoms with van der Waals surface area (Å²) in [7, 11) is 0. The second kappa shape index (κ2) is 3.99. The van der Waals surface area contributed by atoms with Crippen LogP contribution >= 0.6 is 0 Å². The summed E-state index contributed by atoms with van der Waals surface area (Å²) in [6.07, 6.45) is 6.99.